The SMILES string of the molecule is CCCC(=O)CC(C)C(=S)S. The Kier molecular flexibility index (Phi) is 5.78. The second-order valence-corrected chi connectivity index (χ2v) is 3.96. The molecule has 0 radical (unpaired) electrons. The number of hydrogen-bond acceptors (Lipinski definition) is 2. The molecule has 0 aromatic rings. The Labute approximate surface area is 79.0 Å². The molecule has 1 atom stereocenters. The van der Waals surface area contributed by atoms with Gasteiger partial charge in [-0.3, -0.25) is 4.79 Å². The lowest BCUT2D eigenvalue weighted by atomic mass is 10.0. The number of thiol groups is 1. The summed E-state index contributed by atoms with van der Waals surface area (Å²) >= 11 is 8.85. The molecule has 3 heteroatoms. The van der Waals surface area contributed by atoms with Crippen LogP contribution in [-0.4, -0.2) is 9.98 Å². The average molecular weight is 190 g/mol. The van der Waals surface area contributed by atoms with Gasteiger partial charge in [-0.05, 0) is 6.42 Å². The summed E-state index contributed by atoms with van der Waals surface area (Å²) in [6.07, 6.45) is 2.14. The summed E-state index contributed by atoms with van der Waals surface area (Å²) in [6.45, 7) is 3.93. The zero-order valence-electron chi connectivity index (χ0n) is 6.96. The molecule has 0 heterocycles. The molecule has 64 valence electrons. The lowest BCUT2D eigenvalue weighted by Crippen LogP contribution is -2.09. The molecule has 0 rings (SSSR count). The molecule has 0 aliphatic rings. The highest BCUT2D eigenvalue weighted by atomic mass is 32.1. The van der Waals surface area contributed by atoms with Crippen LogP contribution in [0.3, 0.4) is 0 Å². The van der Waals surface area contributed by atoms with Gasteiger partial charge >= 0.3 is 0 Å². The van der Waals surface area contributed by atoms with Crippen molar-refractivity contribution in [1.29, 1.82) is 0 Å². The van der Waals surface area contributed by atoms with E-state index in [4.69, 9.17) is 12.2 Å². The van der Waals surface area contributed by atoms with E-state index in [1.54, 1.807) is 0 Å². The van der Waals surface area contributed by atoms with Gasteiger partial charge in [0, 0.05) is 23.0 Å². The van der Waals surface area contributed by atoms with Crippen LogP contribution in [0, 0.1) is 5.92 Å². The molecule has 0 bridgehead atoms. The third kappa shape index (κ3) is 5.39. The van der Waals surface area contributed by atoms with E-state index in [0.717, 1.165) is 6.42 Å². The van der Waals surface area contributed by atoms with Gasteiger partial charge in [0.05, 0.1) is 0 Å². The normalized spacial score (nSPS) is 12.6. The van der Waals surface area contributed by atoms with E-state index in [1.165, 1.54) is 0 Å². The predicted octanol–water partition coefficient (Wildman–Crippen LogP) is 2.64. The summed E-state index contributed by atoms with van der Waals surface area (Å²) in [5.74, 6) is 0.434. The van der Waals surface area contributed by atoms with E-state index < -0.39 is 0 Å². The second-order valence-electron chi connectivity index (χ2n) is 2.73. The first kappa shape index (κ1) is 11.1. The first-order valence-corrected chi connectivity index (χ1v) is 4.68. The van der Waals surface area contributed by atoms with Crippen LogP contribution in [0.15, 0.2) is 0 Å². The molecule has 0 aliphatic heterocycles. The lowest BCUT2D eigenvalue weighted by molar-refractivity contribution is -0.119. The fourth-order valence-corrected chi connectivity index (χ4v) is 0.984. The van der Waals surface area contributed by atoms with Gasteiger partial charge in [-0.1, -0.05) is 26.1 Å². The number of carbonyl (C=O) groups excluding carboxylic acids is 1. The largest absolute Gasteiger partial charge is 0.300 e. The molecule has 1 unspecified atom stereocenters. The van der Waals surface area contributed by atoms with Crippen LogP contribution in [0.25, 0.3) is 0 Å². The highest BCUT2D eigenvalue weighted by Crippen LogP contribution is 2.10. The molecular formula is C8H14OS2. The van der Waals surface area contributed by atoms with Crippen molar-refractivity contribution < 1.29 is 4.79 Å². The van der Waals surface area contributed by atoms with E-state index >= 15 is 0 Å². The number of ketones is 1. The third-order valence-electron chi connectivity index (χ3n) is 1.48. The van der Waals surface area contributed by atoms with Crippen LogP contribution < -0.4 is 0 Å². The predicted molar refractivity (Wildman–Crippen MR) is 55.3 cm³/mol. The topological polar surface area (TPSA) is 17.1 Å². The van der Waals surface area contributed by atoms with Crippen LogP contribution in [0.4, 0.5) is 0 Å². The average Bonchev–Trinajstić information content (AvgIpc) is 1.87. The van der Waals surface area contributed by atoms with Crippen molar-refractivity contribution in [2.45, 2.75) is 33.1 Å². The minimum absolute atomic E-state index is 0.146. The van der Waals surface area contributed by atoms with Crippen LogP contribution in [0.2, 0.25) is 0 Å². The molecule has 0 aliphatic carbocycles. The number of Topliss-reactive ketones (excluding diaryl/α,β-unsaturated/α-hetero) is 1. The number of rotatable bonds is 5. The first-order valence-electron chi connectivity index (χ1n) is 3.82. The molecule has 0 amide bonds. The van der Waals surface area contributed by atoms with Crippen molar-refractivity contribution in [2.75, 3.05) is 0 Å². The number of carbonyl (C=O) groups is 1. The third-order valence-corrected chi connectivity index (χ3v) is 2.33. The molecule has 0 saturated heterocycles. The minimum atomic E-state index is 0.146. The Hall–Kier alpha value is 0.110. The van der Waals surface area contributed by atoms with Gasteiger partial charge in [0.15, 0.2) is 0 Å². The highest BCUT2D eigenvalue weighted by molar-refractivity contribution is 8.11. The fraction of sp³-hybridized carbons (Fsp3) is 0.750. The Morgan fingerprint density at radius 1 is 1.64 bits per heavy atom. The molecule has 0 fully saturated rings. The quantitative estimate of drug-likeness (QED) is 0.530. The first-order chi connectivity index (χ1) is 5.07. The second kappa shape index (κ2) is 5.72. The summed E-state index contributed by atoms with van der Waals surface area (Å²) in [5.41, 5.74) is 0. The van der Waals surface area contributed by atoms with Crippen molar-refractivity contribution in [3.8, 4) is 0 Å². The maximum absolute atomic E-state index is 11.1. The van der Waals surface area contributed by atoms with Crippen molar-refractivity contribution in [3.05, 3.63) is 0 Å². The van der Waals surface area contributed by atoms with Gasteiger partial charge in [0.25, 0.3) is 0 Å². The fourth-order valence-electron chi connectivity index (χ4n) is 0.810. The van der Waals surface area contributed by atoms with Crippen LogP contribution in [-0.2, 0) is 4.79 Å². The van der Waals surface area contributed by atoms with Crippen LogP contribution >= 0.6 is 24.8 Å². The summed E-state index contributed by atoms with van der Waals surface area (Å²) in [5, 5.41) is 0. The van der Waals surface area contributed by atoms with Crippen molar-refractivity contribution in [3.63, 3.8) is 0 Å². The Morgan fingerprint density at radius 3 is 2.55 bits per heavy atom. The smallest absolute Gasteiger partial charge is 0.133 e. The van der Waals surface area contributed by atoms with Gasteiger partial charge in [-0.15, -0.1) is 12.6 Å². The van der Waals surface area contributed by atoms with E-state index in [1.807, 2.05) is 13.8 Å². The van der Waals surface area contributed by atoms with E-state index in [2.05, 4.69) is 12.6 Å². The zero-order chi connectivity index (χ0) is 8.85. The summed E-state index contributed by atoms with van der Waals surface area (Å²) in [6, 6.07) is 0. The Balaban J connectivity index is 3.66. The maximum Gasteiger partial charge on any atom is 0.133 e. The highest BCUT2D eigenvalue weighted by Gasteiger charge is 2.09. The summed E-state index contributed by atoms with van der Waals surface area (Å²) in [4.78, 5) is 11.1. The number of thiocarbonyl (C=S) groups is 1. The molecular weight excluding hydrogens is 176 g/mol. The van der Waals surface area contributed by atoms with Crippen LogP contribution in [0.5, 0.6) is 0 Å². The standard InChI is InChI=1S/C8H14OS2/c1-3-4-7(9)5-6(2)8(10)11/h6H,3-5H2,1-2H3,(H,10,11). The monoisotopic (exact) mass is 190 g/mol. The van der Waals surface area contributed by atoms with E-state index in [0.29, 0.717) is 17.0 Å². The molecule has 11 heavy (non-hydrogen) atoms. The molecule has 0 aromatic heterocycles. The van der Waals surface area contributed by atoms with Gasteiger partial charge in [-0.25, -0.2) is 0 Å². The molecule has 0 spiro atoms. The maximum atomic E-state index is 11.1. The Bertz CT molecular complexity index is 154. The summed E-state index contributed by atoms with van der Waals surface area (Å²) in [7, 11) is 0. The minimum Gasteiger partial charge on any atom is -0.300 e. The van der Waals surface area contributed by atoms with E-state index in [-0.39, 0.29) is 11.7 Å². The van der Waals surface area contributed by atoms with E-state index in [9.17, 15) is 4.79 Å². The number of hydrogen-bond donors (Lipinski definition) is 1. The van der Waals surface area contributed by atoms with Gasteiger partial charge in [-0.2, -0.15) is 0 Å². The van der Waals surface area contributed by atoms with Gasteiger partial charge in [0.2, 0.25) is 0 Å². The molecule has 0 saturated carbocycles. The van der Waals surface area contributed by atoms with Gasteiger partial charge < -0.3 is 0 Å². The zero-order valence-corrected chi connectivity index (χ0v) is 8.67. The molecule has 0 N–H and O–H groups in total. The van der Waals surface area contributed by atoms with Crippen molar-refractivity contribution >= 4 is 34.8 Å². The molecule has 0 aromatic carbocycles. The lowest BCUT2D eigenvalue weighted by Gasteiger charge is -2.06. The Morgan fingerprint density at radius 2 is 2.18 bits per heavy atom. The molecule has 1 nitrogen and oxygen atoms in total. The summed E-state index contributed by atoms with van der Waals surface area (Å²) < 4.78 is 0.634. The van der Waals surface area contributed by atoms with Gasteiger partial charge in [0.1, 0.15) is 5.78 Å². The van der Waals surface area contributed by atoms with Crippen molar-refractivity contribution in [1.82, 2.24) is 0 Å². The van der Waals surface area contributed by atoms with Crippen LogP contribution in [0.1, 0.15) is 33.1 Å². The van der Waals surface area contributed by atoms with Crippen molar-refractivity contribution in [2.24, 2.45) is 5.92 Å².